The lowest BCUT2D eigenvalue weighted by molar-refractivity contribution is -0.384. The molecule has 0 saturated heterocycles. The summed E-state index contributed by atoms with van der Waals surface area (Å²) in [6.45, 7) is 0.411. The molecule has 3 aromatic rings. The fourth-order valence-corrected chi connectivity index (χ4v) is 3.36. The van der Waals surface area contributed by atoms with Crippen LogP contribution in [0.1, 0.15) is 27.6 Å². The van der Waals surface area contributed by atoms with Gasteiger partial charge in [0.25, 0.3) is 11.6 Å². The molecule has 1 unspecified atom stereocenters. The number of nitro groups is 1. The highest BCUT2D eigenvalue weighted by atomic mass is 79.9. The Morgan fingerprint density at radius 3 is 2.34 bits per heavy atom. The summed E-state index contributed by atoms with van der Waals surface area (Å²) in [6.07, 6.45) is -1.23. The number of esters is 1. The number of nitrogens with one attached hydrogen (secondary N) is 1. The minimum atomic E-state index is -1.23. The molecule has 0 bridgehead atoms. The Morgan fingerprint density at radius 1 is 1.06 bits per heavy atom. The van der Waals surface area contributed by atoms with Gasteiger partial charge in [-0.2, -0.15) is 0 Å². The topological polar surface area (TPSA) is 108 Å². The number of amides is 1. The number of non-ortho nitro benzene ring substituents is 1. The van der Waals surface area contributed by atoms with Crippen LogP contribution in [0.25, 0.3) is 0 Å². The third kappa shape index (κ3) is 5.77. The number of carbonyl (C=O) groups excluding carboxylic acids is 2. The van der Waals surface area contributed by atoms with Crippen LogP contribution in [0.5, 0.6) is 0 Å². The second-order valence-corrected chi connectivity index (χ2v) is 7.59. The number of hydrogen-bond donors (Lipinski definition) is 1. The summed E-state index contributed by atoms with van der Waals surface area (Å²) in [4.78, 5) is 36.1. The smallest absolute Gasteiger partial charge is 0.339 e. The number of rotatable bonds is 8. The first-order valence-electron chi connectivity index (χ1n) is 9.47. The lowest BCUT2D eigenvalue weighted by Crippen LogP contribution is -2.26. The predicted octanol–water partition coefficient (Wildman–Crippen LogP) is 5.04. The van der Waals surface area contributed by atoms with E-state index in [1.165, 1.54) is 18.2 Å². The molecule has 1 atom stereocenters. The first-order chi connectivity index (χ1) is 15.4. The van der Waals surface area contributed by atoms with Gasteiger partial charge in [-0.1, -0.05) is 42.5 Å². The van der Waals surface area contributed by atoms with E-state index >= 15 is 0 Å². The van der Waals surface area contributed by atoms with Crippen molar-refractivity contribution in [2.75, 3.05) is 12.4 Å². The second kappa shape index (κ2) is 10.7. The molecule has 164 valence electrons. The Labute approximate surface area is 192 Å². The number of methoxy groups -OCH3 is 1. The van der Waals surface area contributed by atoms with Gasteiger partial charge in [0.1, 0.15) is 0 Å². The summed E-state index contributed by atoms with van der Waals surface area (Å²) in [5.41, 5.74) is 1.84. The van der Waals surface area contributed by atoms with Crippen molar-refractivity contribution in [2.24, 2.45) is 0 Å². The van der Waals surface area contributed by atoms with E-state index in [0.717, 1.165) is 5.56 Å². The summed E-state index contributed by atoms with van der Waals surface area (Å²) < 4.78 is 10.9. The van der Waals surface area contributed by atoms with Crippen molar-refractivity contribution in [3.8, 4) is 0 Å². The second-order valence-electron chi connectivity index (χ2n) is 6.74. The zero-order chi connectivity index (χ0) is 23.1. The minimum absolute atomic E-state index is 0.127. The quantitative estimate of drug-likeness (QED) is 0.264. The monoisotopic (exact) mass is 498 g/mol. The Balaban J connectivity index is 1.82. The Kier molecular flexibility index (Phi) is 7.69. The van der Waals surface area contributed by atoms with Gasteiger partial charge in [-0.15, -0.1) is 0 Å². The van der Waals surface area contributed by atoms with Crippen LogP contribution in [0.15, 0.2) is 77.3 Å². The maximum absolute atomic E-state index is 13.0. The number of hydrogen-bond acceptors (Lipinski definition) is 6. The average Bonchev–Trinajstić information content (AvgIpc) is 2.79. The van der Waals surface area contributed by atoms with Crippen molar-refractivity contribution in [3.05, 3.63) is 104 Å². The van der Waals surface area contributed by atoms with E-state index in [4.69, 9.17) is 9.47 Å². The molecule has 0 aromatic heterocycles. The molecule has 0 aliphatic heterocycles. The maximum atomic E-state index is 13.0. The van der Waals surface area contributed by atoms with Crippen molar-refractivity contribution in [1.82, 2.24) is 0 Å². The van der Waals surface area contributed by atoms with E-state index in [-0.39, 0.29) is 11.3 Å². The lowest BCUT2D eigenvalue weighted by atomic mass is 10.1. The van der Waals surface area contributed by atoms with Crippen LogP contribution in [0.4, 0.5) is 11.4 Å². The molecule has 0 fully saturated rings. The standard InChI is InChI=1S/C23H19BrN2O6/c1-31-14-15-7-9-17(10-8-15)23(28)32-21(16-5-3-2-4-6-16)22(27)25-20-12-11-18(26(29)30)13-19(20)24/h2-13,21H,14H2,1H3,(H,25,27). The average molecular weight is 499 g/mol. The van der Waals surface area contributed by atoms with Gasteiger partial charge in [0.2, 0.25) is 6.10 Å². The molecule has 0 heterocycles. The van der Waals surface area contributed by atoms with E-state index in [2.05, 4.69) is 21.2 Å². The Hall–Kier alpha value is -3.56. The van der Waals surface area contributed by atoms with E-state index in [0.29, 0.717) is 22.3 Å². The summed E-state index contributed by atoms with van der Waals surface area (Å²) >= 11 is 3.22. The Bertz CT molecular complexity index is 1120. The number of anilines is 1. The third-order valence-corrected chi connectivity index (χ3v) is 5.14. The fraction of sp³-hybridized carbons (Fsp3) is 0.130. The zero-order valence-corrected chi connectivity index (χ0v) is 18.6. The lowest BCUT2D eigenvalue weighted by Gasteiger charge is -2.18. The molecule has 8 nitrogen and oxygen atoms in total. The molecule has 32 heavy (non-hydrogen) atoms. The largest absolute Gasteiger partial charge is 0.444 e. The van der Waals surface area contributed by atoms with Crippen LogP contribution in [0, 0.1) is 10.1 Å². The highest BCUT2D eigenvalue weighted by Gasteiger charge is 2.26. The number of ether oxygens (including phenoxy) is 2. The molecule has 0 aliphatic carbocycles. The first kappa shape index (κ1) is 23.1. The number of benzene rings is 3. The van der Waals surface area contributed by atoms with E-state index in [9.17, 15) is 19.7 Å². The van der Waals surface area contributed by atoms with Crippen LogP contribution in [-0.4, -0.2) is 23.9 Å². The highest BCUT2D eigenvalue weighted by molar-refractivity contribution is 9.10. The SMILES string of the molecule is COCc1ccc(C(=O)OC(C(=O)Nc2ccc([N+](=O)[O-])cc2Br)c2ccccc2)cc1. The molecular formula is C23H19BrN2O6. The van der Waals surface area contributed by atoms with Crippen molar-refractivity contribution >= 4 is 39.2 Å². The molecule has 0 saturated carbocycles. The molecule has 0 radical (unpaired) electrons. The summed E-state index contributed by atoms with van der Waals surface area (Å²) in [7, 11) is 1.58. The van der Waals surface area contributed by atoms with Gasteiger partial charge in [0.05, 0.1) is 22.8 Å². The van der Waals surface area contributed by atoms with Crippen molar-refractivity contribution in [3.63, 3.8) is 0 Å². The number of nitro benzene ring substituents is 1. The number of carbonyl (C=O) groups is 2. The van der Waals surface area contributed by atoms with Crippen molar-refractivity contribution < 1.29 is 24.0 Å². The normalized spacial score (nSPS) is 11.4. The van der Waals surface area contributed by atoms with E-state index in [1.54, 1.807) is 61.7 Å². The molecule has 0 aliphatic rings. The molecular weight excluding hydrogens is 480 g/mol. The van der Waals surface area contributed by atoms with Crippen LogP contribution in [0.3, 0.4) is 0 Å². The van der Waals surface area contributed by atoms with Crippen LogP contribution >= 0.6 is 15.9 Å². The van der Waals surface area contributed by atoms with Gasteiger partial charge in [0.15, 0.2) is 0 Å². The fourth-order valence-electron chi connectivity index (χ4n) is 2.90. The number of nitrogens with zero attached hydrogens (tertiary/aromatic N) is 1. The third-order valence-electron chi connectivity index (χ3n) is 4.49. The van der Waals surface area contributed by atoms with Gasteiger partial charge in [-0.05, 0) is 39.7 Å². The van der Waals surface area contributed by atoms with E-state index in [1.807, 2.05) is 0 Å². The molecule has 3 aromatic carbocycles. The van der Waals surface area contributed by atoms with Gasteiger partial charge in [0, 0.05) is 29.3 Å². The first-order valence-corrected chi connectivity index (χ1v) is 10.3. The van der Waals surface area contributed by atoms with Gasteiger partial charge < -0.3 is 14.8 Å². The summed E-state index contributed by atoms with van der Waals surface area (Å²) in [5, 5.41) is 13.6. The molecule has 1 amide bonds. The highest BCUT2D eigenvalue weighted by Crippen LogP contribution is 2.29. The van der Waals surface area contributed by atoms with Crippen LogP contribution in [0.2, 0.25) is 0 Å². The van der Waals surface area contributed by atoms with Crippen molar-refractivity contribution in [2.45, 2.75) is 12.7 Å². The summed E-state index contributed by atoms with van der Waals surface area (Å²) in [5.74, 6) is -1.27. The predicted molar refractivity (Wildman–Crippen MR) is 121 cm³/mol. The summed E-state index contributed by atoms with van der Waals surface area (Å²) in [6, 6.07) is 19.2. The van der Waals surface area contributed by atoms with Crippen LogP contribution < -0.4 is 5.32 Å². The van der Waals surface area contributed by atoms with Crippen LogP contribution in [-0.2, 0) is 20.9 Å². The van der Waals surface area contributed by atoms with Gasteiger partial charge in [-0.25, -0.2) is 4.79 Å². The van der Waals surface area contributed by atoms with Crippen molar-refractivity contribution in [1.29, 1.82) is 0 Å². The molecule has 0 spiro atoms. The number of halogens is 1. The molecule has 3 rings (SSSR count). The molecule has 1 N–H and O–H groups in total. The minimum Gasteiger partial charge on any atom is -0.444 e. The Morgan fingerprint density at radius 2 is 1.75 bits per heavy atom. The molecule has 9 heteroatoms. The van der Waals surface area contributed by atoms with E-state index < -0.39 is 22.9 Å². The van der Waals surface area contributed by atoms with Gasteiger partial charge in [-0.3, -0.25) is 14.9 Å². The maximum Gasteiger partial charge on any atom is 0.339 e. The zero-order valence-electron chi connectivity index (χ0n) is 17.0. The van der Waals surface area contributed by atoms with Gasteiger partial charge >= 0.3 is 5.97 Å².